The molecular formula is C36H58N6O7. The van der Waals surface area contributed by atoms with Crippen molar-refractivity contribution in [2.45, 2.75) is 125 Å². The van der Waals surface area contributed by atoms with Gasteiger partial charge in [0.05, 0.1) is 17.8 Å². The maximum atomic E-state index is 14.1. The molecule has 2 unspecified atom stereocenters. The molecule has 0 aromatic heterocycles. The molecule has 0 bridgehead atoms. The first-order valence-corrected chi connectivity index (χ1v) is 17.1. The Kier molecular flexibility index (Phi) is 13.5. The van der Waals surface area contributed by atoms with Crippen LogP contribution in [0.5, 0.6) is 0 Å². The van der Waals surface area contributed by atoms with E-state index in [1.54, 1.807) is 11.9 Å². The number of rotatable bonds is 14. The third kappa shape index (κ3) is 10.2. The largest absolute Gasteiger partial charge is 0.369 e. The van der Waals surface area contributed by atoms with Crippen LogP contribution in [0.2, 0.25) is 0 Å². The molecule has 1 aliphatic heterocycles. The normalized spacial score (nSPS) is 17.1. The number of nitrogens with one attached hydrogen (secondary N) is 4. The maximum absolute atomic E-state index is 14.1. The van der Waals surface area contributed by atoms with E-state index in [2.05, 4.69) is 27.8 Å². The SMILES string of the molecule is C=CCNC(=O)C(=O)C(CCC)NC(=O)[C@@H]1CCCN1C(=O)C(NC(=O)N[C@H](CN(C)c1c(C(C)(C)C)c(=O)c1=O)C(C)(C)C)C(C)(C)C. The molecule has 1 fully saturated rings. The van der Waals surface area contributed by atoms with Crippen molar-refractivity contribution in [1.29, 1.82) is 0 Å². The van der Waals surface area contributed by atoms with Crippen LogP contribution in [0.15, 0.2) is 22.2 Å². The van der Waals surface area contributed by atoms with Crippen molar-refractivity contribution >= 4 is 35.2 Å². The molecule has 49 heavy (non-hydrogen) atoms. The lowest BCUT2D eigenvalue weighted by Gasteiger charge is -2.39. The molecule has 4 N–H and O–H groups in total. The molecule has 4 atom stereocenters. The van der Waals surface area contributed by atoms with E-state index in [4.69, 9.17) is 0 Å². The monoisotopic (exact) mass is 686 g/mol. The summed E-state index contributed by atoms with van der Waals surface area (Å²) in [6.45, 7) is 22.9. The van der Waals surface area contributed by atoms with Gasteiger partial charge in [-0.2, -0.15) is 0 Å². The van der Waals surface area contributed by atoms with Crippen molar-refractivity contribution in [3.05, 3.63) is 38.7 Å². The van der Waals surface area contributed by atoms with Crippen molar-refractivity contribution in [2.75, 3.05) is 31.6 Å². The minimum absolute atomic E-state index is 0.112. The van der Waals surface area contributed by atoms with Gasteiger partial charge in [-0.15, -0.1) is 6.58 Å². The van der Waals surface area contributed by atoms with Gasteiger partial charge in [-0.25, -0.2) is 4.79 Å². The molecule has 13 heteroatoms. The van der Waals surface area contributed by atoms with E-state index in [0.29, 0.717) is 30.5 Å². The highest BCUT2D eigenvalue weighted by atomic mass is 16.2. The average Bonchev–Trinajstić information content (AvgIpc) is 3.48. The predicted octanol–water partition coefficient (Wildman–Crippen LogP) is 2.29. The van der Waals surface area contributed by atoms with Crippen molar-refractivity contribution < 1.29 is 24.0 Å². The van der Waals surface area contributed by atoms with Gasteiger partial charge in [0.15, 0.2) is 0 Å². The van der Waals surface area contributed by atoms with Crippen LogP contribution in [-0.2, 0) is 24.6 Å². The van der Waals surface area contributed by atoms with Crippen LogP contribution in [0.1, 0.15) is 100 Å². The van der Waals surface area contributed by atoms with E-state index >= 15 is 0 Å². The van der Waals surface area contributed by atoms with Gasteiger partial charge in [0, 0.05) is 32.2 Å². The third-order valence-electron chi connectivity index (χ3n) is 8.89. The molecule has 1 aliphatic rings. The zero-order valence-electron chi connectivity index (χ0n) is 31.3. The molecule has 274 valence electrons. The predicted molar refractivity (Wildman–Crippen MR) is 191 cm³/mol. The Morgan fingerprint density at radius 3 is 2.06 bits per heavy atom. The average molecular weight is 687 g/mol. The molecule has 1 saturated heterocycles. The van der Waals surface area contributed by atoms with Crippen molar-refractivity contribution in [2.24, 2.45) is 10.8 Å². The van der Waals surface area contributed by atoms with Crippen LogP contribution in [0.4, 0.5) is 10.5 Å². The molecule has 0 saturated carbocycles. The summed E-state index contributed by atoms with van der Waals surface area (Å²) < 4.78 is 0. The van der Waals surface area contributed by atoms with Crippen LogP contribution in [-0.4, -0.2) is 85.3 Å². The lowest BCUT2D eigenvalue weighted by Crippen LogP contribution is -2.62. The molecule has 0 aliphatic carbocycles. The second-order valence-electron chi connectivity index (χ2n) is 16.3. The topological polar surface area (TPSA) is 174 Å². The maximum Gasteiger partial charge on any atom is 0.315 e. The Labute approximate surface area is 290 Å². The highest BCUT2D eigenvalue weighted by molar-refractivity contribution is 6.38. The highest BCUT2D eigenvalue weighted by Gasteiger charge is 2.43. The number of likely N-dealkylation sites (N-methyl/N-ethyl adjacent to an activating group) is 1. The van der Waals surface area contributed by atoms with Crippen molar-refractivity contribution in [3.8, 4) is 0 Å². The molecule has 13 nitrogen and oxygen atoms in total. The van der Waals surface area contributed by atoms with Gasteiger partial charge in [-0.3, -0.25) is 28.8 Å². The number of hydrogen-bond acceptors (Lipinski definition) is 8. The lowest BCUT2D eigenvalue weighted by atomic mass is 9.81. The first kappa shape index (κ1) is 41.1. The summed E-state index contributed by atoms with van der Waals surface area (Å²) in [6, 6.07) is -4.03. The fourth-order valence-electron chi connectivity index (χ4n) is 6.03. The third-order valence-corrected chi connectivity index (χ3v) is 8.89. The zero-order valence-corrected chi connectivity index (χ0v) is 31.3. The van der Waals surface area contributed by atoms with Crippen LogP contribution >= 0.6 is 0 Å². The van der Waals surface area contributed by atoms with Gasteiger partial charge in [-0.1, -0.05) is 81.7 Å². The number of likely N-dealkylation sites (tertiary alicyclic amines) is 1. The number of anilines is 1. The molecule has 1 aromatic rings. The molecule has 0 radical (unpaired) electrons. The molecule has 1 heterocycles. The number of nitrogens with zero attached hydrogens (tertiary/aromatic N) is 2. The summed E-state index contributed by atoms with van der Waals surface area (Å²) in [7, 11) is 1.72. The zero-order chi connectivity index (χ0) is 37.6. The molecule has 1 aromatic carbocycles. The first-order chi connectivity index (χ1) is 22.5. The minimum Gasteiger partial charge on any atom is -0.369 e. The summed E-state index contributed by atoms with van der Waals surface area (Å²) in [5.41, 5.74) is -1.98. The van der Waals surface area contributed by atoms with E-state index in [9.17, 15) is 33.6 Å². The summed E-state index contributed by atoms with van der Waals surface area (Å²) in [5.74, 6) is -2.56. The van der Waals surface area contributed by atoms with Gasteiger partial charge in [0.1, 0.15) is 12.1 Å². The highest BCUT2D eigenvalue weighted by Crippen LogP contribution is 2.30. The van der Waals surface area contributed by atoms with Crippen LogP contribution in [0.25, 0.3) is 0 Å². The van der Waals surface area contributed by atoms with Gasteiger partial charge >= 0.3 is 6.03 Å². The number of ketones is 1. The quantitative estimate of drug-likeness (QED) is 0.170. The van der Waals surface area contributed by atoms with Crippen LogP contribution in [0.3, 0.4) is 0 Å². The van der Waals surface area contributed by atoms with Crippen molar-refractivity contribution in [3.63, 3.8) is 0 Å². The number of hydrogen-bond donors (Lipinski definition) is 4. The summed E-state index contributed by atoms with van der Waals surface area (Å²) in [5, 5.41) is 11.0. The molecule has 2 rings (SSSR count). The fraction of sp³-hybridized carbons (Fsp3) is 0.694. The van der Waals surface area contributed by atoms with Crippen LogP contribution in [0, 0.1) is 10.8 Å². The smallest absolute Gasteiger partial charge is 0.315 e. The Morgan fingerprint density at radius 1 is 0.939 bits per heavy atom. The summed E-state index contributed by atoms with van der Waals surface area (Å²) in [6.07, 6.45) is 3.15. The number of amides is 5. The Morgan fingerprint density at radius 2 is 1.55 bits per heavy atom. The summed E-state index contributed by atoms with van der Waals surface area (Å²) >= 11 is 0. The lowest BCUT2D eigenvalue weighted by molar-refractivity contribution is -0.143. The van der Waals surface area contributed by atoms with Gasteiger partial charge in [-0.05, 0) is 35.5 Å². The van der Waals surface area contributed by atoms with Gasteiger partial charge < -0.3 is 31.1 Å². The fourth-order valence-corrected chi connectivity index (χ4v) is 6.03. The first-order valence-electron chi connectivity index (χ1n) is 17.1. The van der Waals surface area contributed by atoms with Gasteiger partial charge in [0.25, 0.3) is 5.91 Å². The van der Waals surface area contributed by atoms with E-state index in [0.717, 1.165) is 0 Å². The van der Waals surface area contributed by atoms with Crippen molar-refractivity contribution in [1.82, 2.24) is 26.2 Å². The minimum atomic E-state index is -1.04. The van der Waals surface area contributed by atoms with E-state index in [1.807, 2.05) is 69.2 Å². The molecule has 0 spiro atoms. The Balaban J connectivity index is 2.25. The summed E-state index contributed by atoms with van der Waals surface area (Å²) in [4.78, 5) is 94.4. The second-order valence-corrected chi connectivity index (χ2v) is 16.3. The second kappa shape index (κ2) is 16.1. The van der Waals surface area contributed by atoms with E-state index < -0.39 is 80.8 Å². The number of urea groups is 1. The molecular weight excluding hydrogens is 628 g/mol. The Bertz CT molecular complexity index is 1470. The standard InChI is InChI=1S/C36H58N6O7/c1-13-16-21(26(43)31(47)37-18-14-2)38-30(46)22-17-15-19-42(22)32(48)29(36(9,10)11)40-33(49)39-23(34(3,4)5)20-41(12)25-24(35(6,7)8)27(44)28(25)45/h14,21-23,29H,2,13,15-20H2,1,3-12H3,(H,37,47)(H,38,46)(H2,39,40,49)/t21?,22-,23+,29?/m0/s1. The van der Waals surface area contributed by atoms with E-state index in [-0.39, 0.29) is 26.1 Å². The van der Waals surface area contributed by atoms with Gasteiger partial charge in [0.2, 0.25) is 28.5 Å². The number of carbonyl (C=O) groups excluding carboxylic acids is 5. The Hall–Kier alpha value is -4.03. The van der Waals surface area contributed by atoms with E-state index in [1.165, 1.54) is 11.0 Å². The van der Waals surface area contributed by atoms with Crippen LogP contribution < -0.4 is 37.0 Å². The number of Topliss-reactive ketones (excluding diaryl/α,β-unsaturated/α-hetero) is 1. The molecule has 5 amide bonds. The number of carbonyl (C=O) groups is 5.